The van der Waals surface area contributed by atoms with E-state index in [2.05, 4.69) is 0 Å². The van der Waals surface area contributed by atoms with Crippen LogP contribution in [-0.4, -0.2) is 13.4 Å². The van der Waals surface area contributed by atoms with Crippen LogP contribution in [0.4, 0.5) is 17.6 Å². The smallest absolute Gasteiger partial charge is 0.261 e. The van der Waals surface area contributed by atoms with Gasteiger partial charge in [-0.15, -0.1) is 0 Å². The Kier molecular flexibility index (Phi) is 4.08. The molecule has 0 bridgehead atoms. The van der Waals surface area contributed by atoms with Gasteiger partial charge in [0.2, 0.25) is 0 Å². The largest absolute Gasteiger partial charge is 0.454 e. The van der Waals surface area contributed by atoms with Gasteiger partial charge in [0, 0.05) is 35.2 Å². The van der Waals surface area contributed by atoms with Gasteiger partial charge >= 0.3 is 0 Å². The van der Waals surface area contributed by atoms with Gasteiger partial charge in [0.25, 0.3) is 13.4 Å². The summed E-state index contributed by atoms with van der Waals surface area (Å²) in [7, 11) is 0. The molecule has 10 heteroatoms. The summed E-state index contributed by atoms with van der Waals surface area (Å²) in [5, 5.41) is 0. The number of rotatable bonds is 0. The summed E-state index contributed by atoms with van der Waals surface area (Å²) in [6.07, 6.45) is 0. The molecule has 0 atom stereocenters. The summed E-state index contributed by atoms with van der Waals surface area (Å²) in [6, 6.07) is 16.9. The van der Waals surface area contributed by atoms with E-state index < -0.39 is 36.7 Å². The molecule has 0 spiro atoms. The summed E-state index contributed by atoms with van der Waals surface area (Å²) in [6.45, 7) is -1.09. The minimum Gasteiger partial charge on any atom is -0.454 e. The average molecular weight is 534 g/mol. The molecule has 0 unspecified atom stereocenters. The molecule has 4 nitrogen and oxygen atoms in total. The van der Waals surface area contributed by atoms with Crippen LogP contribution in [0.2, 0.25) is 0 Å². The van der Waals surface area contributed by atoms with Crippen LogP contribution in [0.15, 0.2) is 72.8 Å². The Morgan fingerprint density at radius 2 is 0.625 bits per heavy atom. The third-order valence-electron chi connectivity index (χ3n) is 7.96. The van der Waals surface area contributed by atoms with Crippen LogP contribution in [0.3, 0.4) is 0 Å². The van der Waals surface area contributed by atoms with Crippen molar-refractivity contribution in [1.29, 1.82) is 0 Å². The van der Waals surface area contributed by atoms with Crippen molar-refractivity contribution in [2.45, 2.75) is 0 Å². The Morgan fingerprint density at radius 1 is 0.375 bits per heavy atom. The monoisotopic (exact) mass is 534 g/mol. The molecule has 4 aliphatic heterocycles. The van der Waals surface area contributed by atoms with Crippen LogP contribution in [0.25, 0.3) is 0 Å². The van der Waals surface area contributed by atoms with Crippen molar-refractivity contribution in [2.24, 2.45) is 0 Å². The fraction of sp³-hybridized carbons (Fsp3) is 0. The van der Waals surface area contributed by atoms with Crippen LogP contribution in [0.1, 0.15) is 0 Å². The standard InChI is InChI=1S/C30H12B2F4O4/c33-13-1-5-17-21(9-13)37-27-25-28(38-22-10-14(34)2-6-18(22)31(17)25)30-26-29(27)39-23-11-15(35)3-7-19(23)32(26)20-8-4-16(36)12-24(20)40-30/h1-12H. The van der Waals surface area contributed by atoms with Crippen LogP contribution in [0, 0.1) is 23.3 Å². The maximum atomic E-state index is 14.4. The zero-order valence-electron chi connectivity index (χ0n) is 20.2. The minimum atomic E-state index is -0.547. The fourth-order valence-corrected chi connectivity index (χ4v) is 6.36. The van der Waals surface area contributed by atoms with Crippen molar-refractivity contribution in [2.75, 3.05) is 0 Å². The lowest BCUT2D eigenvalue weighted by molar-refractivity contribution is 0.393. The number of fused-ring (bicyclic) bond motifs is 10. The van der Waals surface area contributed by atoms with Gasteiger partial charge in [0.15, 0.2) is 23.0 Å². The van der Waals surface area contributed by atoms with Crippen LogP contribution >= 0.6 is 0 Å². The predicted molar refractivity (Wildman–Crippen MR) is 142 cm³/mol. The van der Waals surface area contributed by atoms with Gasteiger partial charge in [-0.1, -0.05) is 24.3 Å². The number of halogens is 4. The molecular weight excluding hydrogens is 522 g/mol. The first-order valence-corrected chi connectivity index (χ1v) is 12.6. The van der Waals surface area contributed by atoms with E-state index in [1.54, 1.807) is 24.3 Å². The van der Waals surface area contributed by atoms with E-state index in [9.17, 15) is 17.6 Å². The van der Waals surface area contributed by atoms with Crippen molar-refractivity contribution in [3.8, 4) is 46.0 Å². The fourth-order valence-electron chi connectivity index (χ4n) is 6.36. The van der Waals surface area contributed by atoms with Gasteiger partial charge in [-0.3, -0.25) is 0 Å². The molecule has 0 N–H and O–H groups in total. The zero-order valence-corrected chi connectivity index (χ0v) is 20.2. The summed E-state index contributed by atoms with van der Waals surface area (Å²) >= 11 is 0. The number of hydrogen-bond acceptors (Lipinski definition) is 4. The Balaban J connectivity index is 1.41. The highest BCUT2D eigenvalue weighted by Crippen LogP contribution is 2.49. The van der Waals surface area contributed by atoms with Crippen molar-refractivity contribution >= 4 is 46.2 Å². The van der Waals surface area contributed by atoms with Gasteiger partial charge < -0.3 is 18.9 Å². The second-order valence-electron chi connectivity index (χ2n) is 10.1. The quantitative estimate of drug-likeness (QED) is 0.220. The molecule has 0 aromatic heterocycles. The maximum absolute atomic E-state index is 14.4. The molecule has 9 rings (SSSR count). The molecule has 0 saturated carbocycles. The normalized spacial score (nSPS) is 14.2. The first-order valence-electron chi connectivity index (χ1n) is 12.6. The molecule has 5 aromatic carbocycles. The number of ether oxygens (including phenoxy) is 4. The van der Waals surface area contributed by atoms with Crippen molar-refractivity contribution in [1.82, 2.24) is 0 Å². The lowest BCUT2D eigenvalue weighted by Gasteiger charge is -2.40. The van der Waals surface area contributed by atoms with Gasteiger partial charge in [-0.25, -0.2) is 17.6 Å². The molecule has 0 fully saturated rings. The summed E-state index contributed by atoms with van der Waals surface area (Å²) in [4.78, 5) is 0. The number of benzene rings is 5. The highest BCUT2D eigenvalue weighted by Gasteiger charge is 2.50. The van der Waals surface area contributed by atoms with E-state index in [1.165, 1.54) is 48.5 Å². The van der Waals surface area contributed by atoms with E-state index in [0.717, 1.165) is 0 Å². The minimum absolute atomic E-state index is 0.265. The molecule has 0 saturated heterocycles. The lowest BCUT2D eigenvalue weighted by Crippen LogP contribution is -2.61. The second kappa shape index (κ2) is 7.41. The van der Waals surface area contributed by atoms with Crippen LogP contribution in [0.5, 0.6) is 46.0 Å². The van der Waals surface area contributed by atoms with E-state index in [0.29, 0.717) is 32.8 Å². The molecule has 40 heavy (non-hydrogen) atoms. The first kappa shape index (κ1) is 22.0. The van der Waals surface area contributed by atoms with Crippen LogP contribution < -0.4 is 51.7 Å². The molecule has 0 amide bonds. The summed E-state index contributed by atoms with van der Waals surface area (Å²) in [5.74, 6) is 0.141. The van der Waals surface area contributed by atoms with E-state index in [-0.39, 0.29) is 46.0 Å². The Morgan fingerprint density at radius 3 is 0.875 bits per heavy atom. The Labute approximate surface area is 224 Å². The zero-order chi connectivity index (χ0) is 26.9. The van der Waals surface area contributed by atoms with Crippen molar-refractivity contribution < 1.29 is 36.5 Å². The SMILES string of the molecule is Fc1ccc2c(c1)Oc1c3c4c(c5c1B2c1ccc(F)cc1O5)Oc1cc(F)ccc1B4c1ccc(F)cc1O3. The van der Waals surface area contributed by atoms with Gasteiger partial charge in [-0.2, -0.15) is 0 Å². The molecular formula is C30H12B2F4O4. The molecule has 190 valence electrons. The summed E-state index contributed by atoms with van der Waals surface area (Å²) < 4.78 is 83.1. The molecule has 4 aliphatic rings. The first-order chi connectivity index (χ1) is 19.4. The van der Waals surface area contributed by atoms with Gasteiger partial charge in [-0.05, 0) is 46.1 Å². The van der Waals surface area contributed by atoms with E-state index >= 15 is 0 Å². The van der Waals surface area contributed by atoms with Gasteiger partial charge in [0.1, 0.15) is 46.3 Å². The third-order valence-corrected chi connectivity index (χ3v) is 7.96. The van der Waals surface area contributed by atoms with Crippen molar-refractivity contribution in [3.63, 3.8) is 0 Å². The maximum Gasteiger partial charge on any atom is 0.261 e. The summed E-state index contributed by atoms with van der Waals surface area (Å²) in [5.41, 5.74) is 3.62. The highest BCUT2D eigenvalue weighted by molar-refractivity contribution is 7.00. The molecule has 0 aliphatic carbocycles. The molecule has 4 heterocycles. The Bertz CT molecular complexity index is 1720. The number of hydrogen-bond donors (Lipinski definition) is 0. The average Bonchev–Trinajstić information content (AvgIpc) is 2.93. The highest BCUT2D eigenvalue weighted by atomic mass is 19.1. The van der Waals surface area contributed by atoms with Crippen LogP contribution in [-0.2, 0) is 0 Å². The topological polar surface area (TPSA) is 36.9 Å². The second-order valence-corrected chi connectivity index (χ2v) is 10.1. The third kappa shape index (κ3) is 2.77. The Hall–Kier alpha value is -4.85. The lowest BCUT2D eigenvalue weighted by atomic mass is 9.32. The predicted octanol–water partition coefficient (Wildman–Crippen LogP) is 3.70. The van der Waals surface area contributed by atoms with E-state index in [1.807, 2.05) is 0 Å². The van der Waals surface area contributed by atoms with E-state index in [4.69, 9.17) is 18.9 Å². The molecule has 5 aromatic rings. The van der Waals surface area contributed by atoms with Crippen molar-refractivity contribution in [3.05, 3.63) is 96.1 Å². The van der Waals surface area contributed by atoms with Gasteiger partial charge in [0.05, 0.1) is 0 Å². The molecule has 0 radical (unpaired) electrons.